The number of nitrogens with zero attached hydrogens (tertiary/aromatic N) is 5. The SMILES string of the molecule is CCCC(=N)c1ccc(OC(=O)CCC[N+](=C2N=NN=N2)[SH](=O)=O)cc1. The van der Waals surface area contributed by atoms with Crippen molar-refractivity contribution in [3.05, 3.63) is 29.8 Å². The second-order valence-corrected chi connectivity index (χ2v) is 6.33. The van der Waals surface area contributed by atoms with Crippen LogP contribution in [0.15, 0.2) is 44.9 Å². The number of ether oxygens (including phenoxy) is 1. The molecule has 0 aliphatic carbocycles. The number of nitrogens with one attached hydrogen (secondary N) is 1. The van der Waals surface area contributed by atoms with Gasteiger partial charge in [-0.1, -0.05) is 13.3 Å². The van der Waals surface area contributed by atoms with Crippen LogP contribution < -0.4 is 4.74 Å². The highest BCUT2D eigenvalue weighted by Gasteiger charge is 2.21. The number of esters is 1. The fourth-order valence-electron chi connectivity index (χ4n) is 2.17. The topological polar surface area (TPSA) is 137 Å². The van der Waals surface area contributed by atoms with Gasteiger partial charge in [-0.25, -0.2) is 0 Å². The van der Waals surface area contributed by atoms with E-state index in [0.29, 0.717) is 17.9 Å². The number of benzene rings is 1. The zero-order chi connectivity index (χ0) is 18.9. The third-order valence-electron chi connectivity index (χ3n) is 3.42. The summed E-state index contributed by atoms with van der Waals surface area (Å²) in [5, 5.41) is 21.3. The molecule has 0 unspecified atom stereocenters. The summed E-state index contributed by atoms with van der Waals surface area (Å²) in [6.45, 7) is 2.03. The van der Waals surface area contributed by atoms with Crippen LogP contribution in [-0.2, 0) is 15.7 Å². The van der Waals surface area contributed by atoms with Gasteiger partial charge in [0.05, 0.1) is 27.2 Å². The number of carbonyl (C=O) groups excluding carboxylic acids is 1. The van der Waals surface area contributed by atoms with E-state index in [2.05, 4.69) is 20.7 Å². The van der Waals surface area contributed by atoms with Crippen LogP contribution in [0, 0.1) is 5.41 Å². The van der Waals surface area contributed by atoms with Crippen molar-refractivity contribution in [2.75, 3.05) is 6.54 Å². The third-order valence-corrected chi connectivity index (χ3v) is 4.19. The predicted octanol–water partition coefficient (Wildman–Crippen LogP) is 2.27. The molecule has 0 radical (unpaired) electrons. The van der Waals surface area contributed by atoms with Gasteiger partial charge >= 0.3 is 11.9 Å². The Balaban J connectivity index is 1.85. The Morgan fingerprint density at radius 2 is 1.81 bits per heavy atom. The van der Waals surface area contributed by atoms with Gasteiger partial charge in [-0.15, -0.1) is 3.98 Å². The smallest absolute Gasteiger partial charge is 0.427 e. The van der Waals surface area contributed by atoms with Crippen molar-refractivity contribution in [2.24, 2.45) is 20.7 Å². The summed E-state index contributed by atoms with van der Waals surface area (Å²) in [6, 6.07) is 6.73. The minimum atomic E-state index is -2.95. The second-order valence-electron chi connectivity index (χ2n) is 5.37. The summed E-state index contributed by atoms with van der Waals surface area (Å²) in [6.07, 6.45) is 1.84. The van der Waals surface area contributed by atoms with E-state index in [1.165, 1.54) is 0 Å². The molecule has 0 saturated heterocycles. The molecule has 0 fully saturated rings. The Morgan fingerprint density at radius 3 is 2.38 bits per heavy atom. The molecule has 0 atom stereocenters. The lowest BCUT2D eigenvalue weighted by molar-refractivity contribution is -0.362. The number of hydrogen-bond acceptors (Lipinski definition) is 7. The number of carbonyl (C=O) groups is 1. The maximum absolute atomic E-state index is 11.9. The van der Waals surface area contributed by atoms with Crippen molar-refractivity contribution >= 4 is 28.5 Å². The Kier molecular flexibility index (Phi) is 7.21. The highest BCUT2D eigenvalue weighted by atomic mass is 32.2. The minimum Gasteiger partial charge on any atom is -0.427 e. The maximum Gasteiger partial charge on any atom is 0.491 e. The van der Waals surface area contributed by atoms with Crippen molar-refractivity contribution in [2.45, 2.75) is 32.6 Å². The van der Waals surface area contributed by atoms with Gasteiger partial charge in [0.2, 0.25) is 0 Å². The first kappa shape index (κ1) is 19.5. The molecule has 0 spiro atoms. The molecule has 1 N–H and O–H groups in total. The first-order chi connectivity index (χ1) is 12.5. The molecule has 1 aliphatic rings. The van der Waals surface area contributed by atoms with E-state index in [9.17, 15) is 13.2 Å². The zero-order valence-corrected chi connectivity index (χ0v) is 15.1. The fourth-order valence-corrected chi connectivity index (χ4v) is 2.70. The Bertz CT molecular complexity index is 820. The normalized spacial score (nSPS) is 12.6. The van der Waals surface area contributed by atoms with Crippen LogP contribution in [0.4, 0.5) is 0 Å². The molecule has 1 aromatic rings. The van der Waals surface area contributed by atoms with Gasteiger partial charge in [0.25, 0.3) is 10.9 Å². The average molecular weight is 379 g/mol. The van der Waals surface area contributed by atoms with E-state index in [4.69, 9.17) is 10.1 Å². The zero-order valence-electron chi connectivity index (χ0n) is 14.2. The Morgan fingerprint density at radius 1 is 1.15 bits per heavy atom. The number of hydrogen-bond donors (Lipinski definition) is 2. The van der Waals surface area contributed by atoms with Crippen molar-refractivity contribution in [3.8, 4) is 5.75 Å². The van der Waals surface area contributed by atoms with Gasteiger partial charge in [-0.2, -0.15) is 8.42 Å². The van der Waals surface area contributed by atoms with Gasteiger partial charge in [0, 0.05) is 12.1 Å². The standard InChI is InChI=1S/C15H19N6O4S/c1-2-4-13(16)11-6-8-12(9-7-11)25-14(22)5-3-10-21(26(23)24)15-17-19-20-18-15/h6-9,16,26H,2-5,10H2,1H3/q+1. The molecule has 11 heteroatoms. The number of rotatable bonds is 9. The van der Waals surface area contributed by atoms with Crippen LogP contribution in [0.3, 0.4) is 0 Å². The van der Waals surface area contributed by atoms with Crippen molar-refractivity contribution < 1.29 is 21.9 Å². The van der Waals surface area contributed by atoms with Gasteiger partial charge in [-0.3, -0.25) is 4.79 Å². The summed E-state index contributed by atoms with van der Waals surface area (Å²) in [7, 11) is -2.95. The van der Waals surface area contributed by atoms with E-state index in [1.54, 1.807) is 24.3 Å². The quantitative estimate of drug-likeness (QED) is 0.223. The maximum atomic E-state index is 11.9. The summed E-state index contributed by atoms with van der Waals surface area (Å²) in [4.78, 5) is 11.9. The van der Waals surface area contributed by atoms with Gasteiger partial charge in [-0.05, 0) is 42.7 Å². The van der Waals surface area contributed by atoms with Crippen molar-refractivity contribution in [1.82, 2.24) is 0 Å². The molecule has 0 amide bonds. The lowest BCUT2D eigenvalue weighted by Gasteiger charge is -2.06. The number of thiol groups is 1. The van der Waals surface area contributed by atoms with Crippen molar-refractivity contribution in [3.63, 3.8) is 0 Å². The Labute approximate surface area is 151 Å². The first-order valence-electron chi connectivity index (χ1n) is 8.00. The molecule has 2 rings (SSSR count). The summed E-state index contributed by atoms with van der Waals surface area (Å²) in [5.74, 6) is -0.232. The predicted molar refractivity (Wildman–Crippen MR) is 93.2 cm³/mol. The van der Waals surface area contributed by atoms with Crippen LogP contribution in [0.2, 0.25) is 0 Å². The highest BCUT2D eigenvalue weighted by Crippen LogP contribution is 2.15. The van der Waals surface area contributed by atoms with Crippen molar-refractivity contribution in [1.29, 1.82) is 5.41 Å². The molecule has 0 bridgehead atoms. The molecule has 138 valence electrons. The van der Waals surface area contributed by atoms with Crippen LogP contribution in [-0.4, -0.2) is 36.6 Å². The van der Waals surface area contributed by atoms with Crippen LogP contribution in [0.5, 0.6) is 5.75 Å². The molecule has 26 heavy (non-hydrogen) atoms. The minimum absolute atomic E-state index is 0.0221. The van der Waals surface area contributed by atoms with E-state index >= 15 is 0 Å². The van der Waals surface area contributed by atoms with E-state index in [1.807, 2.05) is 6.92 Å². The summed E-state index contributed by atoms with van der Waals surface area (Å²) >= 11 is 0. The van der Waals surface area contributed by atoms with E-state index < -0.39 is 16.9 Å². The van der Waals surface area contributed by atoms with Crippen LogP contribution in [0.25, 0.3) is 0 Å². The largest absolute Gasteiger partial charge is 0.491 e. The molecular formula is C15H19N6O4S+. The van der Waals surface area contributed by atoms with Crippen LogP contribution >= 0.6 is 0 Å². The monoisotopic (exact) mass is 379 g/mol. The molecule has 1 aromatic carbocycles. The van der Waals surface area contributed by atoms with E-state index in [0.717, 1.165) is 16.0 Å². The second kappa shape index (κ2) is 9.61. The lowest BCUT2D eigenvalue weighted by Crippen LogP contribution is -2.19. The Hall–Kier alpha value is -2.82. The lowest BCUT2D eigenvalue weighted by atomic mass is 10.1. The first-order valence-corrected chi connectivity index (χ1v) is 9.13. The summed E-state index contributed by atoms with van der Waals surface area (Å²) in [5.41, 5.74) is 1.33. The molecule has 1 aliphatic heterocycles. The van der Waals surface area contributed by atoms with Gasteiger partial charge < -0.3 is 10.1 Å². The molecular weight excluding hydrogens is 360 g/mol. The van der Waals surface area contributed by atoms with E-state index in [-0.39, 0.29) is 25.3 Å². The van der Waals surface area contributed by atoms with Crippen LogP contribution in [0.1, 0.15) is 38.2 Å². The van der Waals surface area contributed by atoms with Gasteiger partial charge in [0.15, 0.2) is 0 Å². The number of guanidine groups is 1. The third kappa shape index (κ3) is 5.62. The summed E-state index contributed by atoms with van der Waals surface area (Å²) < 4.78 is 28.5. The average Bonchev–Trinajstić information content (AvgIpc) is 3.13. The molecule has 0 saturated carbocycles. The molecule has 1 heterocycles. The molecule has 0 aromatic heterocycles. The fraction of sp³-hybridized carbons (Fsp3) is 0.400. The highest BCUT2D eigenvalue weighted by molar-refractivity contribution is 7.65. The van der Waals surface area contributed by atoms with Gasteiger partial charge in [0.1, 0.15) is 5.75 Å². The molecule has 10 nitrogen and oxygen atoms in total.